The van der Waals surface area contributed by atoms with Crippen LogP contribution in [0.5, 0.6) is 0 Å². The number of aryl methyl sites for hydroxylation is 2. The van der Waals surface area contributed by atoms with E-state index in [1.807, 2.05) is 48.9 Å². The van der Waals surface area contributed by atoms with Gasteiger partial charge in [0.05, 0.1) is 12.2 Å². The lowest BCUT2D eigenvalue weighted by Crippen LogP contribution is -2.24. The molecule has 2 heterocycles. The van der Waals surface area contributed by atoms with E-state index in [9.17, 15) is 4.79 Å². The molecule has 0 aliphatic rings. The molecule has 0 bridgehead atoms. The number of aromatic nitrogens is 3. The van der Waals surface area contributed by atoms with E-state index in [1.165, 1.54) is 0 Å². The summed E-state index contributed by atoms with van der Waals surface area (Å²) >= 11 is 5.93. The van der Waals surface area contributed by atoms with Crippen LogP contribution in [0.15, 0.2) is 47.4 Å². The van der Waals surface area contributed by atoms with E-state index in [0.717, 1.165) is 35.6 Å². The van der Waals surface area contributed by atoms with Crippen LogP contribution in [0.3, 0.4) is 0 Å². The van der Waals surface area contributed by atoms with Gasteiger partial charge in [-0.15, -0.1) is 0 Å². The van der Waals surface area contributed by atoms with E-state index in [0.29, 0.717) is 17.1 Å². The molecule has 0 atom stereocenters. The standard InChI is InChI=1S/C19H21ClN4O/c1-13-9-14(2)24(23-13)8-7-21-11-17-10-16(12-22-19(17)25)15-3-5-18(20)6-4-15/h3-6,9-10,12,21H,7-8,11H2,1-2H3,(H,22,25). The number of hydrogen-bond donors (Lipinski definition) is 2. The van der Waals surface area contributed by atoms with Crippen LogP contribution in [0.4, 0.5) is 0 Å². The van der Waals surface area contributed by atoms with Gasteiger partial charge >= 0.3 is 0 Å². The van der Waals surface area contributed by atoms with E-state index in [-0.39, 0.29) is 5.56 Å². The summed E-state index contributed by atoms with van der Waals surface area (Å²) in [6, 6.07) is 11.5. The van der Waals surface area contributed by atoms with Crippen molar-refractivity contribution < 1.29 is 0 Å². The molecule has 5 nitrogen and oxygen atoms in total. The lowest BCUT2D eigenvalue weighted by molar-refractivity contribution is 0.541. The molecule has 0 aliphatic carbocycles. The molecule has 0 amide bonds. The zero-order valence-corrected chi connectivity index (χ0v) is 15.1. The first-order valence-corrected chi connectivity index (χ1v) is 8.60. The van der Waals surface area contributed by atoms with Crippen LogP contribution in [0.1, 0.15) is 17.0 Å². The number of pyridine rings is 1. The number of aromatic amines is 1. The smallest absolute Gasteiger partial charge is 0.252 e. The average molecular weight is 357 g/mol. The van der Waals surface area contributed by atoms with E-state index in [2.05, 4.69) is 21.5 Å². The van der Waals surface area contributed by atoms with Crippen LogP contribution in [0.25, 0.3) is 11.1 Å². The monoisotopic (exact) mass is 356 g/mol. The molecular weight excluding hydrogens is 336 g/mol. The second kappa shape index (κ2) is 7.68. The summed E-state index contributed by atoms with van der Waals surface area (Å²) in [7, 11) is 0. The third-order valence-electron chi connectivity index (χ3n) is 4.08. The molecule has 0 fully saturated rings. The molecule has 3 aromatic rings. The number of hydrogen-bond acceptors (Lipinski definition) is 3. The summed E-state index contributed by atoms with van der Waals surface area (Å²) < 4.78 is 1.97. The van der Waals surface area contributed by atoms with Gasteiger partial charge in [0.1, 0.15) is 0 Å². The Morgan fingerprint density at radius 3 is 2.60 bits per heavy atom. The molecule has 130 valence electrons. The number of nitrogens with one attached hydrogen (secondary N) is 2. The van der Waals surface area contributed by atoms with Crippen molar-refractivity contribution in [2.24, 2.45) is 0 Å². The zero-order chi connectivity index (χ0) is 17.8. The van der Waals surface area contributed by atoms with E-state index in [1.54, 1.807) is 6.20 Å². The topological polar surface area (TPSA) is 62.7 Å². The first kappa shape index (κ1) is 17.5. The predicted molar refractivity (Wildman–Crippen MR) is 101 cm³/mol. The minimum atomic E-state index is -0.0728. The van der Waals surface area contributed by atoms with Crippen molar-refractivity contribution in [3.8, 4) is 11.1 Å². The molecule has 1 aromatic carbocycles. The summed E-state index contributed by atoms with van der Waals surface area (Å²) in [5, 5.41) is 8.44. The van der Waals surface area contributed by atoms with Crippen LogP contribution in [0, 0.1) is 13.8 Å². The van der Waals surface area contributed by atoms with Gasteiger partial charge < -0.3 is 10.3 Å². The summed E-state index contributed by atoms with van der Waals surface area (Å²) in [4.78, 5) is 14.9. The molecule has 0 saturated carbocycles. The quantitative estimate of drug-likeness (QED) is 0.666. The Balaban J connectivity index is 1.64. The molecule has 25 heavy (non-hydrogen) atoms. The Morgan fingerprint density at radius 2 is 1.92 bits per heavy atom. The van der Waals surface area contributed by atoms with Gasteiger partial charge in [0.25, 0.3) is 5.56 Å². The summed E-state index contributed by atoms with van der Waals surface area (Å²) in [5.41, 5.74) is 4.78. The molecule has 0 radical (unpaired) electrons. The maximum absolute atomic E-state index is 12.0. The van der Waals surface area contributed by atoms with Crippen molar-refractivity contribution in [3.63, 3.8) is 0 Å². The third-order valence-corrected chi connectivity index (χ3v) is 4.33. The molecule has 0 aliphatic heterocycles. The van der Waals surface area contributed by atoms with Gasteiger partial charge in [-0.3, -0.25) is 9.48 Å². The number of rotatable bonds is 6. The highest BCUT2D eigenvalue weighted by molar-refractivity contribution is 6.30. The van der Waals surface area contributed by atoms with Gasteiger partial charge in [-0.05, 0) is 49.2 Å². The van der Waals surface area contributed by atoms with E-state index in [4.69, 9.17) is 11.6 Å². The maximum Gasteiger partial charge on any atom is 0.252 e. The van der Waals surface area contributed by atoms with Crippen molar-refractivity contribution in [1.29, 1.82) is 0 Å². The molecule has 2 aromatic heterocycles. The Labute approximate surface area is 151 Å². The summed E-state index contributed by atoms with van der Waals surface area (Å²) in [6.45, 7) is 6.05. The predicted octanol–water partition coefficient (Wildman–Crippen LogP) is 3.30. The van der Waals surface area contributed by atoms with Crippen LogP contribution in [-0.2, 0) is 13.1 Å². The Kier molecular flexibility index (Phi) is 5.36. The largest absolute Gasteiger partial charge is 0.328 e. The van der Waals surface area contributed by atoms with E-state index < -0.39 is 0 Å². The molecule has 3 rings (SSSR count). The molecule has 0 saturated heterocycles. The fraction of sp³-hybridized carbons (Fsp3) is 0.263. The fourth-order valence-electron chi connectivity index (χ4n) is 2.78. The lowest BCUT2D eigenvalue weighted by atomic mass is 10.1. The van der Waals surface area contributed by atoms with Gasteiger partial charge in [-0.25, -0.2) is 0 Å². The second-order valence-electron chi connectivity index (χ2n) is 6.08. The van der Waals surface area contributed by atoms with Crippen molar-refractivity contribution in [3.05, 3.63) is 74.9 Å². The van der Waals surface area contributed by atoms with Gasteiger partial charge in [0, 0.05) is 35.6 Å². The zero-order valence-electron chi connectivity index (χ0n) is 14.3. The SMILES string of the molecule is Cc1cc(C)n(CCNCc2cc(-c3ccc(Cl)cc3)c[nH]c2=O)n1. The third kappa shape index (κ3) is 4.38. The second-order valence-corrected chi connectivity index (χ2v) is 6.51. The highest BCUT2D eigenvalue weighted by Crippen LogP contribution is 2.20. The Hall–Kier alpha value is -2.37. The highest BCUT2D eigenvalue weighted by atomic mass is 35.5. The Bertz CT molecular complexity index is 912. The first-order valence-electron chi connectivity index (χ1n) is 8.22. The lowest BCUT2D eigenvalue weighted by Gasteiger charge is -2.08. The van der Waals surface area contributed by atoms with Crippen molar-refractivity contribution in [2.75, 3.05) is 6.54 Å². The average Bonchev–Trinajstić information content (AvgIpc) is 2.91. The van der Waals surface area contributed by atoms with Gasteiger partial charge in [-0.2, -0.15) is 5.10 Å². The molecular formula is C19H21ClN4O. The van der Waals surface area contributed by atoms with Gasteiger partial charge in [0.15, 0.2) is 0 Å². The van der Waals surface area contributed by atoms with Crippen LogP contribution in [0.2, 0.25) is 5.02 Å². The normalized spacial score (nSPS) is 11.0. The number of H-pyrrole nitrogens is 1. The van der Waals surface area contributed by atoms with Crippen LogP contribution < -0.4 is 10.9 Å². The highest BCUT2D eigenvalue weighted by Gasteiger charge is 2.05. The van der Waals surface area contributed by atoms with Crippen molar-refractivity contribution in [2.45, 2.75) is 26.9 Å². The number of benzene rings is 1. The Morgan fingerprint density at radius 1 is 1.16 bits per heavy atom. The first-order chi connectivity index (χ1) is 12.0. The molecule has 6 heteroatoms. The van der Waals surface area contributed by atoms with Gasteiger partial charge in [-0.1, -0.05) is 23.7 Å². The summed E-state index contributed by atoms with van der Waals surface area (Å²) in [5.74, 6) is 0. The number of halogens is 1. The maximum atomic E-state index is 12.0. The molecule has 0 unspecified atom stereocenters. The minimum absolute atomic E-state index is 0.0728. The van der Waals surface area contributed by atoms with Crippen LogP contribution in [-0.4, -0.2) is 21.3 Å². The van der Waals surface area contributed by atoms with Crippen LogP contribution >= 0.6 is 11.6 Å². The van der Waals surface area contributed by atoms with Crippen molar-refractivity contribution in [1.82, 2.24) is 20.1 Å². The molecule has 0 spiro atoms. The fourth-order valence-corrected chi connectivity index (χ4v) is 2.91. The molecule has 2 N–H and O–H groups in total. The summed E-state index contributed by atoms with van der Waals surface area (Å²) in [6.07, 6.45) is 1.73. The van der Waals surface area contributed by atoms with Gasteiger partial charge in [0.2, 0.25) is 0 Å². The van der Waals surface area contributed by atoms with Crippen molar-refractivity contribution >= 4 is 11.6 Å². The number of nitrogens with zero attached hydrogens (tertiary/aromatic N) is 2. The van der Waals surface area contributed by atoms with E-state index >= 15 is 0 Å². The minimum Gasteiger partial charge on any atom is -0.328 e.